The number of nitrogens with zero attached hydrogens (tertiary/aromatic N) is 1. The molecule has 0 saturated heterocycles. The second kappa shape index (κ2) is 8.79. The number of carbonyl (C=O) groups is 1. The Labute approximate surface area is 126 Å². The van der Waals surface area contributed by atoms with Crippen molar-refractivity contribution in [2.75, 3.05) is 13.1 Å². The van der Waals surface area contributed by atoms with Crippen molar-refractivity contribution in [3.8, 4) is 0 Å². The lowest BCUT2D eigenvalue weighted by Gasteiger charge is -2.33. The van der Waals surface area contributed by atoms with Gasteiger partial charge < -0.3 is 20.3 Å². The summed E-state index contributed by atoms with van der Waals surface area (Å²) >= 11 is 0. The lowest BCUT2D eigenvalue weighted by atomic mass is 9.92. The van der Waals surface area contributed by atoms with E-state index in [4.69, 9.17) is 9.63 Å². The van der Waals surface area contributed by atoms with Gasteiger partial charge in [-0.15, -0.1) is 0 Å². The summed E-state index contributed by atoms with van der Waals surface area (Å²) in [5.74, 6) is 0.0143. The summed E-state index contributed by atoms with van der Waals surface area (Å²) in [5.41, 5.74) is 0.114. The summed E-state index contributed by atoms with van der Waals surface area (Å²) in [6.45, 7) is 7.64. The first-order chi connectivity index (χ1) is 10.1. The quantitative estimate of drug-likeness (QED) is 0.574. The Bertz CT molecular complexity index is 428. The topological polar surface area (TPSA) is 87.4 Å². The van der Waals surface area contributed by atoms with Crippen LogP contribution in [0.15, 0.2) is 10.6 Å². The normalized spacial score (nSPS) is 11.6. The monoisotopic (exact) mass is 297 g/mol. The smallest absolute Gasteiger partial charge is 0.273 e. The Morgan fingerprint density at radius 3 is 2.62 bits per heavy atom. The van der Waals surface area contributed by atoms with Gasteiger partial charge in [0.1, 0.15) is 6.61 Å². The van der Waals surface area contributed by atoms with Gasteiger partial charge in [-0.2, -0.15) is 0 Å². The molecule has 1 amide bonds. The third-order valence-electron chi connectivity index (χ3n) is 3.92. The maximum atomic E-state index is 12.0. The molecular weight excluding hydrogens is 270 g/mol. The van der Waals surface area contributed by atoms with Crippen LogP contribution in [0.1, 0.15) is 62.7 Å². The maximum absolute atomic E-state index is 12.0. The number of amides is 1. The Hall–Kier alpha value is -1.40. The fourth-order valence-electron chi connectivity index (χ4n) is 2.18. The molecule has 0 aliphatic carbocycles. The number of rotatable bonds is 10. The minimum atomic E-state index is -0.276. The molecule has 0 aromatic carbocycles. The average Bonchev–Trinajstić information content (AvgIpc) is 3.00. The van der Waals surface area contributed by atoms with Crippen molar-refractivity contribution in [3.05, 3.63) is 17.5 Å². The summed E-state index contributed by atoms with van der Waals surface area (Å²) < 4.78 is 4.82. The fraction of sp³-hybridized carbons (Fsp3) is 0.733. The molecule has 6 heteroatoms. The SMILES string of the molecule is CCCCNC(CC)(CC)CNC(=O)c1cc(CO)on1. The summed E-state index contributed by atoms with van der Waals surface area (Å²) in [4.78, 5) is 12.0. The van der Waals surface area contributed by atoms with Crippen molar-refractivity contribution in [2.45, 2.75) is 58.6 Å². The number of unbranched alkanes of at least 4 members (excludes halogenated alkanes) is 1. The van der Waals surface area contributed by atoms with E-state index in [1.54, 1.807) is 0 Å². The largest absolute Gasteiger partial charge is 0.388 e. The van der Waals surface area contributed by atoms with E-state index in [1.807, 2.05) is 0 Å². The van der Waals surface area contributed by atoms with Gasteiger partial charge in [-0.25, -0.2) is 0 Å². The van der Waals surface area contributed by atoms with E-state index < -0.39 is 0 Å². The molecule has 120 valence electrons. The highest BCUT2D eigenvalue weighted by atomic mass is 16.5. The zero-order valence-electron chi connectivity index (χ0n) is 13.2. The van der Waals surface area contributed by atoms with Crippen molar-refractivity contribution >= 4 is 5.91 Å². The summed E-state index contributed by atoms with van der Waals surface area (Å²) in [7, 11) is 0. The van der Waals surface area contributed by atoms with E-state index in [0.717, 1.165) is 32.2 Å². The summed E-state index contributed by atoms with van der Waals surface area (Å²) in [5, 5.41) is 19.0. The van der Waals surface area contributed by atoms with Crippen LogP contribution in [0, 0.1) is 0 Å². The first-order valence-corrected chi connectivity index (χ1v) is 7.70. The van der Waals surface area contributed by atoms with E-state index in [-0.39, 0.29) is 23.7 Å². The van der Waals surface area contributed by atoms with Gasteiger partial charge in [0.15, 0.2) is 11.5 Å². The molecule has 0 radical (unpaired) electrons. The predicted octanol–water partition coefficient (Wildman–Crippen LogP) is 1.85. The molecule has 1 aromatic rings. The maximum Gasteiger partial charge on any atom is 0.273 e. The van der Waals surface area contributed by atoms with Gasteiger partial charge in [0.2, 0.25) is 0 Å². The van der Waals surface area contributed by atoms with Crippen molar-refractivity contribution in [1.29, 1.82) is 0 Å². The molecule has 1 heterocycles. The predicted molar refractivity (Wildman–Crippen MR) is 81.0 cm³/mol. The molecule has 0 bridgehead atoms. The van der Waals surface area contributed by atoms with Gasteiger partial charge in [0.05, 0.1) is 0 Å². The first kappa shape index (κ1) is 17.7. The summed E-state index contributed by atoms with van der Waals surface area (Å²) in [6.07, 6.45) is 4.15. The number of hydrogen-bond donors (Lipinski definition) is 3. The third-order valence-corrected chi connectivity index (χ3v) is 3.92. The zero-order valence-corrected chi connectivity index (χ0v) is 13.2. The van der Waals surface area contributed by atoms with Crippen molar-refractivity contribution < 1.29 is 14.4 Å². The molecule has 0 unspecified atom stereocenters. The lowest BCUT2D eigenvalue weighted by molar-refractivity contribution is 0.0926. The second-order valence-electron chi connectivity index (χ2n) is 5.29. The highest BCUT2D eigenvalue weighted by Crippen LogP contribution is 2.14. The molecule has 0 spiro atoms. The van der Waals surface area contributed by atoms with Crippen LogP contribution in [0.25, 0.3) is 0 Å². The number of nitrogens with one attached hydrogen (secondary N) is 2. The molecule has 0 saturated carbocycles. The summed E-state index contributed by atoms with van der Waals surface area (Å²) in [6, 6.07) is 1.46. The number of aromatic nitrogens is 1. The Kier molecular flexibility index (Phi) is 7.39. The van der Waals surface area contributed by atoms with Crippen molar-refractivity contribution in [1.82, 2.24) is 15.8 Å². The van der Waals surface area contributed by atoms with Gasteiger partial charge in [0.25, 0.3) is 5.91 Å². The molecular formula is C15H27N3O3. The van der Waals surface area contributed by atoms with E-state index in [0.29, 0.717) is 12.3 Å². The minimum absolute atomic E-state index is 0.0889. The van der Waals surface area contributed by atoms with Gasteiger partial charge in [-0.05, 0) is 25.8 Å². The van der Waals surface area contributed by atoms with Crippen LogP contribution in [-0.2, 0) is 6.61 Å². The third kappa shape index (κ3) is 5.13. The van der Waals surface area contributed by atoms with E-state index in [9.17, 15) is 4.79 Å². The number of aliphatic hydroxyl groups is 1. The average molecular weight is 297 g/mol. The Balaban J connectivity index is 2.57. The van der Waals surface area contributed by atoms with E-state index in [1.165, 1.54) is 6.07 Å². The zero-order chi connectivity index (χ0) is 15.7. The highest BCUT2D eigenvalue weighted by molar-refractivity contribution is 5.92. The van der Waals surface area contributed by atoms with Crippen molar-refractivity contribution in [2.24, 2.45) is 0 Å². The molecule has 6 nitrogen and oxygen atoms in total. The van der Waals surface area contributed by atoms with Gasteiger partial charge >= 0.3 is 0 Å². The standard InChI is InChI=1S/C15H27N3O3/c1-4-7-8-17-15(5-2,6-3)11-16-14(20)13-9-12(10-19)21-18-13/h9,17,19H,4-8,10-11H2,1-3H3,(H,16,20). The molecule has 0 atom stereocenters. The van der Waals surface area contributed by atoms with Crippen LogP contribution in [0.5, 0.6) is 0 Å². The molecule has 1 aromatic heterocycles. The highest BCUT2D eigenvalue weighted by Gasteiger charge is 2.26. The fourth-order valence-corrected chi connectivity index (χ4v) is 2.18. The van der Waals surface area contributed by atoms with Crippen LogP contribution in [0.2, 0.25) is 0 Å². The first-order valence-electron chi connectivity index (χ1n) is 7.70. The molecule has 21 heavy (non-hydrogen) atoms. The van der Waals surface area contributed by atoms with Crippen molar-refractivity contribution in [3.63, 3.8) is 0 Å². The number of carbonyl (C=O) groups excluding carboxylic acids is 1. The minimum Gasteiger partial charge on any atom is -0.388 e. The molecule has 1 rings (SSSR count). The lowest BCUT2D eigenvalue weighted by Crippen LogP contribution is -2.53. The Morgan fingerprint density at radius 1 is 1.38 bits per heavy atom. The van der Waals surface area contributed by atoms with Crippen LogP contribution in [0.3, 0.4) is 0 Å². The van der Waals surface area contributed by atoms with Crippen LogP contribution >= 0.6 is 0 Å². The van der Waals surface area contributed by atoms with Gasteiger partial charge in [-0.1, -0.05) is 32.3 Å². The molecule has 0 aliphatic rings. The van der Waals surface area contributed by atoms with Gasteiger partial charge in [-0.3, -0.25) is 4.79 Å². The number of aliphatic hydroxyl groups excluding tert-OH is 1. The van der Waals surface area contributed by atoms with E-state index in [2.05, 4.69) is 36.6 Å². The Morgan fingerprint density at radius 2 is 2.10 bits per heavy atom. The van der Waals surface area contributed by atoms with Crippen LogP contribution in [0.4, 0.5) is 0 Å². The number of hydrogen-bond acceptors (Lipinski definition) is 5. The van der Waals surface area contributed by atoms with Crippen LogP contribution in [-0.4, -0.2) is 34.8 Å². The second-order valence-corrected chi connectivity index (χ2v) is 5.29. The molecule has 0 aliphatic heterocycles. The molecule has 3 N–H and O–H groups in total. The van der Waals surface area contributed by atoms with Gasteiger partial charge in [0, 0.05) is 18.2 Å². The molecule has 0 fully saturated rings. The van der Waals surface area contributed by atoms with E-state index >= 15 is 0 Å². The van der Waals surface area contributed by atoms with Crippen LogP contribution < -0.4 is 10.6 Å².